The van der Waals surface area contributed by atoms with Gasteiger partial charge in [-0.25, -0.2) is 0 Å². The topological polar surface area (TPSA) is 14.2 Å². The van der Waals surface area contributed by atoms with Crippen molar-refractivity contribution in [3.63, 3.8) is 0 Å². The molecular weight excluding hydrogens is 138 g/mol. The summed E-state index contributed by atoms with van der Waals surface area (Å²) in [5, 5.41) is 0. The summed E-state index contributed by atoms with van der Waals surface area (Å²) in [6, 6.07) is 4.03. The number of hydrogen-bond acceptors (Lipinski definition) is 1. The van der Waals surface area contributed by atoms with E-state index in [4.69, 9.17) is 4.74 Å². The first-order valence-corrected chi connectivity index (χ1v) is 4.03. The van der Waals surface area contributed by atoms with E-state index in [2.05, 4.69) is 11.5 Å². The first kappa shape index (κ1) is 8.34. The highest BCUT2D eigenvalue weighted by Gasteiger charge is 2.04. The SMILES string of the molecule is CCCC(OC)n1cccc1. The van der Waals surface area contributed by atoms with Crippen LogP contribution < -0.4 is 0 Å². The summed E-state index contributed by atoms with van der Waals surface area (Å²) in [7, 11) is 1.75. The molecular formula is C9H15NO. The lowest BCUT2D eigenvalue weighted by molar-refractivity contribution is 0.0367. The molecule has 0 aromatic carbocycles. The third kappa shape index (κ3) is 2.09. The van der Waals surface area contributed by atoms with Crippen molar-refractivity contribution in [2.45, 2.75) is 26.0 Å². The molecule has 0 radical (unpaired) electrons. The normalized spacial score (nSPS) is 13.3. The summed E-state index contributed by atoms with van der Waals surface area (Å²) in [6.45, 7) is 2.16. The molecule has 0 aliphatic rings. The fourth-order valence-corrected chi connectivity index (χ4v) is 1.18. The van der Waals surface area contributed by atoms with Gasteiger partial charge in [-0.2, -0.15) is 0 Å². The summed E-state index contributed by atoms with van der Waals surface area (Å²) in [5.74, 6) is 0. The van der Waals surface area contributed by atoms with Gasteiger partial charge in [0.25, 0.3) is 0 Å². The van der Waals surface area contributed by atoms with Crippen molar-refractivity contribution in [3.8, 4) is 0 Å². The van der Waals surface area contributed by atoms with Crippen LogP contribution in [0.25, 0.3) is 0 Å². The third-order valence-corrected chi connectivity index (χ3v) is 1.77. The minimum absolute atomic E-state index is 0.218. The van der Waals surface area contributed by atoms with Crippen LogP contribution in [0.4, 0.5) is 0 Å². The lowest BCUT2D eigenvalue weighted by Gasteiger charge is -2.15. The number of ether oxygens (including phenoxy) is 1. The Morgan fingerprint density at radius 1 is 1.36 bits per heavy atom. The Morgan fingerprint density at radius 3 is 2.45 bits per heavy atom. The average Bonchev–Trinajstić information content (AvgIpc) is 2.52. The Kier molecular flexibility index (Phi) is 3.17. The van der Waals surface area contributed by atoms with Crippen LogP contribution >= 0.6 is 0 Å². The summed E-state index contributed by atoms with van der Waals surface area (Å²) in [5.41, 5.74) is 0. The van der Waals surface area contributed by atoms with Crippen LogP contribution in [0.1, 0.15) is 26.0 Å². The van der Waals surface area contributed by atoms with Crippen LogP contribution in [0.3, 0.4) is 0 Å². The van der Waals surface area contributed by atoms with Gasteiger partial charge < -0.3 is 9.30 Å². The van der Waals surface area contributed by atoms with E-state index in [0.717, 1.165) is 12.8 Å². The van der Waals surface area contributed by atoms with Gasteiger partial charge in [0.1, 0.15) is 6.23 Å². The smallest absolute Gasteiger partial charge is 0.133 e. The van der Waals surface area contributed by atoms with Gasteiger partial charge in [-0.3, -0.25) is 0 Å². The van der Waals surface area contributed by atoms with Crippen molar-refractivity contribution in [2.75, 3.05) is 7.11 Å². The Labute approximate surface area is 67.8 Å². The second-order valence-corrected chi connectivity index (χ2v) is 2.61. The molecule has 1 aromatic heterocycles. The van der Waals surface area contributed by atoms with E-state index < -0.39 is 0 Å². The second-order valence-electron chi connectivity index (χ2n) is 2.61. The number of aromatic nitrogens is 1. The van der Waals surface area contributed by atoms with Crippen LogP contribution in [0.2, 0.25) is 0 Å². The lowest BCUT2D eigenvalue weighted by Crippen LogP contribution is -2.08. The van der Waals surface area contributed by atoms with Crippen LogP contribution in [-0.2, 0) is 4.74 Å². The van der Waals surface area contributed by atoms with E-state index in [1.165, 1.54) is 0 Å². The zero-order chi connectivity index (χ0) is 8.10. The van der Waals surface area contributed by atoms with E-state index in [0.29, 0.717) is 0 Å². The second kappa shape index (κ2) is 4.19. The monoisotopic (exact) mass is 153 g/mol. The maximum absolute atomic E-state index is 5.30. The molecule has 0 fully saturated rings. The highest BCUT2D eigenvalue weighted by molar-refractivity contribution is 4.91. The minimum atomic E-state index is 0.218. The zero-order valence-corrected chi connectivity index (χ0v) is 7.16. The molecule has 1 heterocycles. The highest BCUT2D eigenvalue weighted by atomic mass is 16.5. The predicted octanol–water partition coefficient (Wildman–Crippen LogP) is 2.43. The van der Waals surface area contributed by atoms with E-state index in [1.54, 1.807) is 7.11 Å². The molecule has 1 rings (SSSR count). The van der Waals surface area contributed by atoms with Gasteiger partial charge >= 0.3 is 0 Å². The molecule has 0 aliphatic carbocycles. The molecule has 0 aliphatic heterocycles. The summed E-state index contributed by atoms with van der Waals surface area (Å²) >= 11 is 0. The first-order chi connectivity index (χ1) is 5.38. The largest absolute Gasteiger partial charge is 0.361 e. The predicted molar refractivity (Wildman–Crippen MR) is 45.4 cm³/mol. The van der Waals surface area contributed by atoms with Crippen molar-refractivity contribution in [1.82, 2.24) is 4.57 Å². The maximum atomic E-state index is 5.30. The molecule has 0 spiro atoms. The molecule has 1 atom stereocenters. The van der Waals surface area contributed by atoms with Crippen molar-refractivity contribution in [3.05, 3.63) is 24.5 Å². The van der Waals surface area contributed by atoms with Gasteiger partial charge in [-0.05, 0) is 18.6 Å². The van der Waals surface area contributed by atoms with Crippen molar-refractivity contribution < 1.29 is 4.74 Å². The van der Waals surface area contributed by atoms with E-state index in [1.807, 2.05) is 24.5 Å². The van der Waals surface area contributed by atoms with Crippen LogP contribution in [0.5, 0.6) is 0 Å². The Hall–Kier alpha value is -0.760. The number of hydrogen-bond donors (Lipinski definition) is 0. The molecule has 0 saturated heterocycles. The van der Waals surface area contributed by atoms with Gasteiger partial charge in [0.05, 0.1) is 0 Å². The van der Waals surface area contributed by atoms with Crippen LogP contribution in [-0.4, -0.2) is 11.7 Å². The first-order valence-electron chi connectivity index (χ1n) is 4.03. The van der Waals surface area contributed by atoms with Gasteiger partial charge in [0.2, 0.25) is 0 Å². The molecule has 0 saturated carbocycles. The summed E-state index contributed by atoms with van der Waals surface area (Å²) < 4.78 is 7.38. The number of nitrogens with zero attached hydrogens (tertiary/aromatic N) is 1. The van der Waals surface area contributed by atoms with Crippen molar-refractivity contribution in [2.24, 2.45) is 0 Å². The quantitative estimate of drug-likeness (QED) is 0.648. The standard InChI is InChI=1S/C9H15NO/c1-3-6-9(11-2)10-7-4-5-8-10/h4-5,7-9H,3,6H2,1-2H3. The van der Waals surface area contributed by atoms with Gasteiger partial charge in [-0.1, -0.05) is 13.3 Å². The molecule has 0 N–H and O–H groups in total. The number of methoxy groups -OCH3 is 1. The lowest BCUT2D eigenvalue weighted by atomic mass is 10.3. The van der Waals surface area contributed by atoms with Crippen LogP contribution in [0.15, 0.2) is 24.5 Å². The molecule has 11 heavy (non-hydrogen) atoms. The molecule has 1 unspecified atom stereocenters. The maximum Gasteiger partial charge on any atom is 0.133 e. The average molecular weight is 153 g/mol. The van der Waals surface area contributed by atoms with Crippen molar-refractivity contribution >= 4 is 0 Å². The molecule has 2 heteroatoms. The Morgan fingerprint density at radius 2 is 2.00 bits per heavy atom. The molecule has 0 amide bonds. The van der Waals surface area contributed by atoms with Crippen molar-refractivity contribution in [1.29, 1.82) is 0 Å². The molecule has 2 nitrogen and oxygen atoms in total. The highest BCUT2D eigenvalue weighted by Crippen LogP contribution is 2.13. The molecule has 1 aromatic rings. The Bertz CT molecular complexity index is 181. The summed E-state index contributed by atoms with van der Waals surface area (Å²) in [6.07, 6.45) is 6.50. The van der Waals surface area contributed by atoms with Gasteiger partial charge in [0, 0.05) is 19.5 Å². The molecule has 0 bridgehead atoms. The van der Waals surface area contributed by atoms with Gasteiger partial charge in [-0.15, -0.1) is 0 Å². The van der Waals surface area contributed by atoms with Crippen LogP contribution in [0, 0.1) is 0 Å². The van der Waals surface area contributed by atoms with E-state index in [-0.39, 0.29) is 6.23 Å². The third-order valence-electron chi connectivity index (χ3n) is 1.77. The molecule has 62 valence electrons. The van der Waals surface area contributed by atoms with E-state index >= 15 is 0 Å². The minimum Gasteiger partial charge on any atom is -0.361 e. The van der Waals surface area contributed by atoms with E-state index in [9.17, 15) is 0 Å². The fraction of sp³-hybridized carbons (Fsp3) is 0.556. The summed E-state index contributed by atoms with van der Waals surface area (Å²) in [4.78, 5) is 0. The zero-order valence-electron chi connectivity index (χ0n) is 7.16. The fourth-order valence-electron chi connectivity index (χ4n) is 1.18. The number of rotatable bonds is 4. The Balaban J connectivity index is 2.56. The van der Waals surface area contributed by atoms with Gasteiger partial charge in [0.15, 0.2) is 0 Å².